The highest BCUT2D eigenvalue weighted by atomic mass is 35.5. The van der Waals surface area contributed by atoms with Gasteiger partial charge in [-0.15, -0.1) is 0 Å². The van der Waals surface area contributed by atoms with Gasteiger partial charge in [-0.25, -0.2) is 4.98 Å². The van der Waals surface area contributed by atoms with Crippen molar-refractivity contribution in [2.24, 2.45) is 0 Å². The summed E-state index contributed by atoms with van der Waals surface area (Å²) in [5, 5.41) is 0.785. The monoisotopic (exact) mass is 262 g/mol. The minimum Gasteiger partial charge on any atom is -0.493 e. The smallest absolute Gasteiger partial charge is 0.127 e. The number of ether oxygens (including phenoxy) is 1. The highest BCUT2D eigenvalue weighted by molar-refractivity contribution is 6.30. The minimum atomic E-state index is 0.757. The van der Waals surface area contributed by atoms with Gasteiger partial charge in [0.1, 0.15) is 11.6 Å². The van der Waals surface area contributed by atoms with Crippen molar-refractivity contribution >= 4 is 11.6 Å². The summed E-state index contributed by atoms with van der Waals surface area (Å²) in [6.45, 7) is 3.64. The number of hydrogen-bond donors (Lipinski definition) is 0. The van der Waals surface area contributed by atoms with Crippen molar-refractivity contribution in [3.8, 4) is 5.75 Å². The molecule has 0 atom stereocenters. The van der Waals surface area contributed by atoms with Crippen molar-refractivity contribution in [1.29, 1.82) is 0 Å². The Hall–Kier alpha value is -1.48. The van der Waals surface area contributed by atoms with Crippen LogP contribution < -0.4 is 4.74 Å². The fraction of sp³-hybridized carbons (Fsp3) is 0.357. The second-order valence-corrected chi connectivity index (χ2v) is 4.91. The third kappa shape index (κ3) is 1.99. The van der Waals surface area contributed by atoms with Gasteiger partial charge in [0.15, 0.2) is 0 Å². The molecule has 3 nitrogen and oxygen atoms in total. The Labute approximate surface area is 111 Å². The van der Waals surface area contributed by atoms with Crippen molar-refractivity contribution < 1.29 is 4.74 Å². The Balaban J connectivity index is 1.98. The van der Waals surface area contributed by atoms with Crippen LogP contribution in [0.5, 0.6) is 5.75 Å². The van der Waals surface area contributed by atoms with Crippen LogP contribution in [0.4, 0.5) is 0 Å². The minimum absolute atomic E-state index is 0.757. The van der Waals surface area contributed by atoms with E-state index in [1.807, 2.05) is 24.5 Å². The van der Waals surface area contributed by atoms with Gasteiger partial charge in [0, 0.05) is 35.8 Å². The van der Waals surface area contributed by atoms with Crippen molar-refractivity contribution in [3.05, 3.63) is 46.5 Å². The molecule has 0 fully saturated rings. The highest BCUT2D eigenvalue weighted by Gasteiger charge is 2.18. The lowest BCUT2D eigenvalue weighted by atomic mass is 10.1. The first-order valence-electron chi connectivity index (χ1n) is 6.22. The maximum absolute atomic E-state index is 6.16. The lowest BCUT2D eigenvalue weighted by Gasteiger charge is -2.11. The molecule has 2 aromatic rings. The normalized spacial score (nSPS) is 13.4. The second-order valence-electron chi connectivity index (χ2n) is 4.48. The molecule has 1 aromatic carbocycles. The van der Waals surface area contributed by atoms with Gasteiger partial charge in [-0.1, -0.05) is 18.5 Å². The third-order valence-corrected chi connectivity index (χ3v) is 3.50. The summed E-state index contributed by atoms with van der Waals surface area (Å²) < 4.78 is 7.86. The topological polar surface area (TPSA) is 27.1 Å². The van der Waals surface area contributed by atoms with Gasteiger partial charge < -0.3 is 9.30 Å². The predicted octanol–water partition coefficient (Wildman–Crippen LogP) is 3.08. The van der Waals surface area contributed by atoms with E-state index >= 15 is 0 Å². The number of benzene rings is 1. The molecule has 0 radical (unpaired) electrons. The fourth-order valence-corrected chi connectivity index (χ4v) is 2.71. The average molecular weight is 263 g/mol. The van der Waals surface area contributed by atoms with Crippen LogP contribution in [0.1, 0.15) is 23.9 Å². The van der Waals surface area contributed by atoms with Gasteiger partial charge >= 0.3 is 0 Å². The van der Waals surface area contributed by atoms with Crippen LogP contribution in [0.3, 0.4) is 0 Å². The molecule has 0 aliphatic carbocycles. The fourth-order valence-electron chi connectivity index (χ4n) is 2.45. The molecule has 1 aliphatic rings. The first-order chi connectivity index (χ1) is 8.78. The van der Waals surface area contributed by atoms with E-state index in [1.54, 1.807) is 0 Å². The van der Waals surface area contributed by atoms with Crippen molar-refractivity contribution in [3.63, 3.8) is 0 Å². The molecule has 3 rings (SSSR count). The molecule has 0 spiro atoms. The molecule has 1 aromatic heterocycles. The summed E-state index contributed by atoms with van der Waals surface area (Å²) in [7, 11) is 0. The number of hydrogen-bond acceptors (Lipinski definition) is 2. The van der Waals surface area contributed by atoms with E-state index in [1.165, 1.54) is 5.56 Å². The summed E-state index contributed by atoms with van der Waals surface area (Å²) >= 11 is 6.16. The Bertz CT molecular complexity index is 577. The van der Waals surface area contributed by atoms with E-state index in [2.05, 4.69) is 16.5 Å². The molecule has 0 bridgehead atoms. The van der Waals surface area contributed by atoms with Gasteiger partial charge in [-0.05, 0) is 17.7 Å². The maximum Gasteiger partial charge on any atom is 0.127 e. The van der Waals surface area contributed by atoms with Crippen LogP contribution in [-0.2, 0) is 19.4 Å². The van der Waals surface area contributed by atoms with E-state index in [-0.39, 0.29) is 0 Å². The van der Waals surface area contributed by atoms with Crippen LogP contribution in [0.2, 0.25) is 5.02 Å². The van der Waals surface area contributed by atoms with E-state index in [4.69, 9.17) is 16.3 Å². The lowest BCUT2D eigenvalue weighted by molar-refractivity contribution is 0.352. The van der Waals surface area contributed by atoms with E-state index < -0.39 is 0 Å². The first-order valence-corrected chi connectivity index (χ1v) is 6.60. The van der Waals surface area contributed by atoms with Gasteiger partial charge in [0.2, 0.25) is 0 Å². The van der Waals surface area contributed by atoms with Crippen LogP contribution in [0.15, 0.2) is 24.5 Å². The zero-order valence-electron chi connectivity index (χ0n) is 10.3. The SMILES string of the molecule is CCc1nccn1Cc1cc(Cl)cc2c1OCC2. The summed E-state index contributed by atoms with van der Waals surface area (Å²) in [4.78, 5) is 4.34. The number of fused-ring (bicyclic) bond motifs is 1. The Morgan fingerprint density at radius 3 is 3.17 bits per heavy atom. The molecule has 4 heteroatoms. The lowest BCUT2D eigenvalue weighted by Crippen LogP contribution is -2.04. The van der Waals surface area contributed by atoms with E-state index in [0.29, 0.717) is 0 Å². The zero-order valence-corrected chi connectivity index (χ0v) is 11.1. The van der Waals surface area contributed by atoms with Crippen molar-refractivity contribution in [2.45, 2.75) is 26.3 Å². The Morgan fingerprint density at radius 2 is 2.33 bits per heavy atom. The summed E-state index contributed by atoms with van der Waals surface area (Å²) in [6, 6.07) is 3.99. The maximum atomic E-state index is 6.16. The predicted molar refractivity (Wildman–Crippen MR) is 71.4 cm³/mol. The number of aromatic nitrogens is 2. The molecule has 0 N–H and O–H groups in total. The standard InChI is InChI=1S/C14H15ClN2O/c1-2-13-16-4-5-17(13)9-11-8-12(15)7-10-3-6-18-14(10)11/h4-5,7-8H,2-3,6,9H2,1H3. The molecule has 2 heterocycles. The first kappa shape index (κ1) is 11.6. The zero-order chi connectivity index (χ0) is 12.5. The Morgan fingerprint density at radius 1 is 1.44 bits per heavy atom. The number of aryl methyl sites for hydroxylation is 1. The molecule has 0 saturated carbocycles. The van der Waals surface area contributed by atoms with Crippen molar-refractivity contribution in [1.82, 2.24) is 9.55 Å². The molecule has 18 heavy (non-hydrogen) atoms. The largest absolute Gasteiger partial charge is 0.493 e. The van der Waals surface area contributed by atoms with Gasteiger partial charge in [-0.3, -0.25) is 0 Å². The number of imidazole rings is 1. The second kappa shape index (κ2) is 4.65. The Kier molecular flexibility index (Phi) is 3.00. The van der Waals surface area contributed by atoms with E-state index in [0.717, 1.165) is 48.2 Å². The quantitative estimate of drug-likeness (QED) is 0.850. The highest BCUT2D eigenvalue weighted by Crippen LogP contribution is 2.33. The third-order valence-electron chi connectivity index (χ3n) is 3.28. The summed E-state index contributed by atoms with van der Waals surface area (Å²) in [5.74, 6) is 2.09. The molecular weight excluding hydrogens is 248 g/mol. The van der Waals surface area contributed by atoms with Crippen LogP contribution in [0, 0.1) is 0 Å². The molecule has 1 aliphatic heterocycles. The molecule has 0 unspecified atom stereocenters. The number of nitrogens with zero attached hydrogens (tertiary/aromatic N) is 2. The van der Waals surface area contributed by atoms with Gasteiger partial charge in [-0.2, -0.15) is 0 Å². The average Bonchev–Trinajstić information content (AvgIpc) is 2.96. The summed E-state index contributed by atoms with van der Waals surface area (Å²) in [6.07, 6.45) is 5.72. The number of halogens is 1. The van der Waals surface area contributed by atoms with Crippen LogP contribution in [0.25, 0.3) is 0 Å². The molecular formula is C14H15ClN2O. The van der Waals surface area contributed by atoms with Gasteiger partial charge in [0.05, 0.1) is 13.2 Å². The van der Waals surface area contributed by atoms with Gasteiger partial charge in [0.25, 0.3) is 0 Å². The van der Waals surface area contributed by atoms with Crippen LogP contribution >= 0.6 is 11.6 Å². The summed E-state index contributed by atoms with van der Waals surface area (Å²) in [5.41, 5.74) is 2.36. The number of rotatable bonds is 3. The van der Waals surface area contributed by atoms with Crippen LogP contribution in [-0.4, -0.2) is 16.2 Å². The van der Waals surface area contributed by atoms with Crippen molar-refractivity contribution in [2.75, 3.05) is 6.61 Å². The molecule has 94 valence electrons. The molecule has 0 saturated heterocycles. The molecule has 0 amide bonds. The van der Waals surface area contributed by atoms with E-state index in [9.17, 15) is 0 Å².